The van der Waals surface area contributed by atoms with Crippen LogP contribution in [0.3, 0.4) is 0 Å². The maximum Gasteiger partial charge on any atom is 0.224 e. The summed E-state index contributed by atoms with van der Waals surface area (Å²) in [4.78, 5) is 8.74. The van der Waals surface area contributed by atoms with Crippen LogP contribution in [0.4, 0.5) is 11.8 Å². The summed E-state index contributed by atoms with van der Waals surface area (Å²) in [5.41, 5.74) is 1.29. The summed E-state index contributed by atoms with van der Waals surface area (Å²) in [5, 5.41) is 27.2. The number of nitriles is 1. The topological polar surface area (TPSA) is 93.9 Å². The summed E-state index contributed by atoms with van der Waals surface area (Å²) in [7, 11) is 0. The van der Waals surface area contributed by atoms with Crippen molar-refractivity contribution in [2.75, 3.05) is 17.2 Å². The Morgan fingerprint density at radius 1 is 1.31 bits per heavy atom. The van der Waals surface area contributed by atoms with Crippen LogP contribution in [0, 0.1) is 16.7 Å². The van der Waals surface area contributed by atoms with Crippen LogP contribution in [0.5, 0.6) is 0 Å². The van der Waals surface area contributed by atoms with E-state index >= 15 is 0 Å². The highest BCUT2D eigenvalue weighted by atomic mass is 35.5. The third kappa shape index (κ3) is 5.51. The first-order valence-electron chi connectivity index (χ1n) is 9.68. The van der Waals surface area contributed by atoms with Crippen LogP contribution in [0.1, 0.15) is 45.7 Å². The van der Waals surface area contributed by atoms with E-state index in [1.807, 2.05) is 12.1 Å². The van der Waals surface area contributed by atoms with E-state index < -0.39 is 0 Å². The smallest absolute Gasteiger partial charge is 0.224 e. The second-order valence-electron chi connectivity index (χ2n) is 8.12. The number of aromatic nitrogens is 2. The highest BCUT2D eigenvalue weighted by Crippen LogP contribution is 2.37. The van der Waals surface area contributed by atoms with Crippen molar-refractivity contribution in [2.45, 2.75) is 51.7 Å². The SMILES string of the molecule is CC1(C)C[C@H](Nc2nc(NCCc3ccc(Cl)c(Cl)c3)ncc2C#N)CC[C@@H]1O.[HH]. The van der Waals surface area contributed by atoms with Gasteiger partial charge in [-0.3, -0.25) is 0 Å². The van der Waals surface area contributed by atoms with E-state index in [4.69, 9.17) is 23.2 Å². The van der Waals surface area contributed by atoms with Gasteiger partial charge in [0.25, 0.3) is 0 Å². The molecule has 0 bridgehead atoms. The van der Waals surface area contributed by atoms with E-state index in [2.05, 4.69) is 40.5 Å². The predicted molar refractivity (Wildman–Crippen MR) is 119 cm³/mol. The molecular formula is C21H27Cl2N5O. The first-order valence-corrected chi connectivity index (χ1v) is 10.4. The van der Waals surface area contributed by atoms with Gasteiger partial charge in [-0.15, -0.1) is 0 Å². The van der Waals surface area contributed by atoms with Gasteiger partial charge >= 0.3 is 0 Å². The van der Waals surface area contributed by atoms with Crippen molar-refractivity contribution < 1.29 is 6.53 Å². The Morgan fingerprint density at radius 3 is 2.79 bits per heavy atom. The van der Waals surface area contributed by atoms with E-state index in [-0.39, 0.29) is 19.0 Å². The van der Waals surface area contributed by atoms with Gasteiger partial charge in [0.05, 0.1) is 22.3 Å². The number of nitrogens with one attached hydrogen (secondary N) is 2. The molecule has 1 fully saturated rings. The minimum atomic E-state index is -0.306. The molecule has 3 N–H and O–H groups in total. The molecule has 0 unspecified atom stereocenters. The number of hydrogen-bond acceptors (Lipinski definition) is 6. The van der Waals surface area contributed by atoms with Crippen LogP contribution in [0.25, 0.3) is 0 Å². The number of hydrogen-bond donors (Lipinski definition) is 3. The van der Waals surface area contributed by atoms with Crippen LogP contribution >= 0.6 is 23.2 Å². The van der Waals surface area contributed by atoms with Crippen molar-refractivity contribution in [3.8, 4) is 6.07 Å². The molecule has 2 aromatic rings. The average molecular weight is 436 g/mol. The van der Waals surface area contributed by atoms with Crippen LogP contribution < -0.4 is 10.6 Å². The standard InChI is InChI=1S/C21H25Cl2N5O.H2/c1-21(2)10-15(4-6-18(21)29)27-19-14(11-24)12-26-20(28-19)25-8-7-13-3-5-16(22)17(23)9-13;/h3,5,9,12,15,18,29H,4,6-8,10H2,1-2H3,(H2,25,26,27,28);1H/t15-,18+;/m1./s1. The molecule has 1 saturated carbocycles. The lowest BCUT2D eigenvalue weighted by Crippen LogP contribution is -2.41. The number of nitrogens with zero attached hydrogens (tertiary/aromatic N) is 3. The van der Waals surface area contributed by atoms with Crippen LogP contribution in [0.2, 0.25) is 10.0 Å². The highest BCUT2D eigenvalue weighted by molar-refractivity contribution is 6.42. The van der Waals surface area contributed by atoms with E-state index in [1.54, 1.807) is 6.07 Å². The Morgan fingerprint density at radius 2 is 2.10 bits per heavy atom. The Hall–Kier alpha value is -2.07. The quantitative estimate of drug-likeness (QED) is 0.596. The Labute approximate surface area is 182 Å². The molecule has 29 heavy (non-hydrogen) atoms. The van der Waals surface area contributed by atoms with Gasteiger partial charge in [0.1, 0.15) is 17.5 Å². The number of aliphatic hydroxyl groups excluding tert-OH is 1. The van der Waals surface area contributed by atoms with Crippen molar-refractivity contribution in [3.05, 3.63) is 45.6 Å². The van der Waals surface area contributed by atoms with Gasteiger partial charge in [-0.05, 0) is 48.8 Å². The lowest BCUT2D eigenvalue weighted by molar-refractivity contribution is 0.00926. The van der Waals surface area contributed by atoms with Gasteiger partial charge in [-0.25, -0.2) is 4.98 Å². The lowest BCUT2D eigenvalue weighted by atomic mass is 9.73. The fraction of sp³-hybridized carbons (Fsp3) is 0.476. The molecule has 0 spiro atoms. The van der Waals surface area contributed by atoms with Gasteiger partial charge < -0.3 is 15.7 Å². The zero-order valence-corrected chi connectivity index (χ0v) is 18.1. The molecule has 8 heteroatoms. The van der Waals surface area contributed by atoms with Crippen LogP contribution in [-0.2, 0) is 6.42 Å². The third-order valence-corrected chi connectivity index (χ3v) is 6.13. The number of anilines is 2. The average Bonchev–Trinajstić information content (AvgIpc) is 2.67. The normalized spacial score (nSPS) is 20.7. The monoisotopic (exact) mass is 435 g/mol. The summed E-state index contributed by atoms with van der Waals surface area (Å²) in [6, 6.07) is 7.85. The summed E-state index contributed by atoms with van der Waals surface area (Å²) in [6.45, 7) is 4.74. The van der Waals surface area contributed by atoms with Crippen LogP contribution in [-0.4, -0.2) is 33.8 Å². The predicted octanol–water partition coefficient (Wildman–Crippen LogP) is 4.91. The molecule has 1 aromatic carbocycles. The van der Waals surface area contributed by atoms with Crippen molar-refractivity contribution in [3.63, 3.8) is 0 Å². The molecule has 1 aliphatic rings. The Balaban J connectivity index is 0.00000320. The highest BCUT2D eigenvalue weighted by Gasteiger charge is 2.35. The van der Waals surface area contributed by atoms with Crippen molar-refractivity contribution in [1.82, 2.24) is 9.97 Å². The van der Waals surface area contributed by atoms with E-state index in [0.717, 1.165) is 31.2 Å². The van der Waals surface area contributed by atoms with E-state index in [1.165, 1.54) is 6.20 Å². The van der Waals surface area contributed by atoms with Crippen molar-refractivity contribution in [2.24, 2.45) is 5.41 Å². The number of aliphatic hydroxyl groups is 1. The molecule has 156 valence electrons. The summed E-state index contributed by atoms with van der Waals surface area (Å²) < 4.78 is 0. The Bertz CT molecular complexity index is 919. The third-order valence-electron chi connectivity index (χ3n) is 5.39. The zero-order valence-electron chi connectivity index (χ0n) is 16.5. The maximum absolute atomic E-state index is 10.2. The van der Waals surface area contributed by atoms with Gasteiger partial charge in [0, 0.05) is 14.0 Å². The summed E-state index contributed by atoms with van der Waals surface area (Å²) in [6.07, 6.45) is 4.33. The number of benzene rings is 1. The summed E-state index contributed by atoms with van der Waals surface area (Å²) in [5.74, 6) is 0.985. The van der Waals surface area contributed by atoms with Gasteiger partial charge in [-0.2, -0.15) is 10.2 Å². The van der Waals surface area contributed by atoms with E-state index in [9.17, 15) is 10.4 Å². The first-order chi connectivity index (χ1) is 13.8. The molecule has 6 nitrogen and oxygen atoms in total. The molecule has 0 saturated heterocycles. The van der Waals surface area contributed by atoms with Crippen molar-refractivity contribution >= 4 is 35.0 Å². The molecule has 0 aliphatic heterocycles. The van der Waals surface area contributed by atoms with Crippen LogP contribution in [0.15, 0.2) is 24.4 Å². The second kappa shape index (κ2) is 9.17. The molecule has 1 aliphatic carbocycles. The Kier molecular flexibility index (Phi) is 6.84. The largest absolute Gasteiger partial charge is 0.393 e. The zero-order chi connectivity index (χ0) is 21.0. The first kappa shape index (κ1) is 21.6. The number of halogens is 2. The maximum atomic E-state index is 10.2. The molecule has 2 atom stereocenters. The van der Waals surface area contributed by atoms with E-state index in [0.29, 0.717) is 33.9 Å². The molecule has 0 amide bonds. The molecular weight excluding hydrogens is 409 g/mol. The molecule has 3 rings (SSSR count). The van der Waals surface area contributed by atoms with Crippen molar-refractivity contribution in [1.29, 1.82) is 5.26 Å². The summed E-state index contributed by atoms with van der Waals surface area (Å²) >= 11 is 12.0. The fourth-order valence-corrected chi connectivity index (χ4v) is 3.93. The minimum Gasteiger partial charge on any atom is -0.393 e. The van der Waals surface area contributed by atoms with Gasteiger partial charge in [0.2, 0.25) is 5.95 Å². The molecule has 1 aromatic heterocycles. The molecule has 1 heterocycles. The lowest BCUT2D eigenvalue weighted by Gasteiger charge is -2.40. The minimum absolute atomic E-state index is 0. The molecule has 0 radical (unpaired) electrons. The van der Waals surface area contributed by atoms with Gasteiger partial charge in [0.15, 0.2) is 0 Å². The van der Waals surface area contributed by atoms with Gasteiger partial charge in [-0.1, -0.05) is 43.1 Å². The number of rotatable bonds is 6. The fourth-order valence-electron chi connectivity index (χ4n) is 3.61. The second-order valence-corrected chi connectivity index (χ2v) is 8.93.